The number of hydrogen-bond acceptors (Lipinski definition) is 3. The molecule has 0 aromatic heterocycles. The van der Waals surface area contributed by atoms with Crippen molar-refractivity contribution in [2.75, 3.05) is 13.1 Å². The zero-order valence-corrected chi connectivity index (χ0v) is 16.6. The molecule has 0 radical (unpaired) electrons. The maximum Gasteiger partial charge on any atom is 0.314 e. The lowest BCUT2D eigenvalue weighted by Crippen LogP contribution is -2.58. The molecule has 2 aromatic carbocycles. The van der Waals surface area contributed by atoms with Gasteiger partial charge < -0.3 is 15.1 Å². The van der Waals surface area contributed by atoms with Gasteiger partial charge in [-0.1, -0.05) is 24.3 Å². The zero-order valence-electron chi connectivity index (χ0n) is 16.6. The SMILES string of the molecule is O=C(CCCc1ccc(F)cc1)N1CC[C@@H](O)[C@](Cc2cccc(F)c2)(C(=O)O)C1. The monoisotopic (exact) mass is 417 g/mol. The number of halogens is 2. The predicted octanol–water partition coefficient (Wildman–Crippen LogP) is 3.19. The van der Waals surface area contributed by atoms with E-state index in [4.69, 9.17) is 0 Å². The minimum Gasteiger partial charge on any atom is -0.481 e. The Balaban J connectivity index is 1.66. The molecule has 0 spiro atoms. The number of likely N-dealkylation sites (tertiary alicyclic amines) is 1. The summed E-state index contributed by atoms with van der Waals surface area (Å²) in [5, 5.41) is 20.4. The number of aryl methyl sites for hydroxylation is 1. The molecule has 0 aliphatic carbocycles. The van der Waals surface area contributed by atoms with Crippen molar-refractivity contribution in [1.82, 2.24) is 4.90 Å². The Morgan fingerprint density at radius 1 is 1.07 bits per heavy atom. The van der Waals surface area contributed by atoms with Gasteiger partial charge in [0.25, 0.3) is 0 Å². The van der Waals surface area contributed by atoms with Gasteiger partial charge in [0.15, 0.2) is 0 Å². The number of carboxylic acid groups (broad SMARTS) is 1. The minimum atomic E-state index is -1.58. The highest BCUT2D eigenvalue weighted by Crippen LogP contribution is 2.35. The Labute approximate surface area is 173 Å². The van der Waals surface area contributed by atoms with Gasteiger partial charge in [-0.15, -0.1) is 0 Å². The second-order valence-electron chi connectivity index (χ2n) is 7.87. The summed E-state index contributed by atoms with van der Waals surface area (Å²) in [6, 6.07) is 11.7. The molecule has 2 aromatic rings. The molecule has 2 N–H and O–H groups in total. The molecule has 3 rings (SSSR count). The highest BCUT2D eigenvalue weighted by molar-refractivity contribution is 5.80. The Morgan fingerprint density at radius 2 is 1.80 bits per heavy atom. The first-order chi connectivity index (χ1) is 14.3. The molecule has 0 saturated carbocycles. The van der Waals surface area contributed by atoms with Gasteiger partial charge in [0, 0.05) is 19.5 Å². The van der Waals surface area contributed by atoms with Gasteiger partial charge in [0.1, 0.15) is 17.0 Å². The van der Waals surface area contributed by atoms with E-state index >= 15 is 0 Å². The minimum absolute atomic E-state index is 0.0688. The fourth-order valence-electron chi connectivity index (χ4n) is 4.02. The lowest BCUT2D eigenvalue weighted by atomic mass is 9.72. The summed E-state index contributed by atoms with van der Waals surface area (Å²) in [6.07, 6.45) is 0.319. The number of aliphatic hydroxyl groups is 1. The number of aliphatic hydroxyl groups excluding tert-OH is 1. The van der Waals surface area contributed by atoms with Crippen molar-refractivity contribution in [3.05, 3.63) is 71.3 Å². The van der Waals surface area contributed by atoms with Gasteiger partial charge in [-0.3, -0.25) is 9.59 Å². The standard InChI is InChI=1S/C23H25F2NO4/c24-18-9-7-16(8-10-18)3-2-6-21(28)26-12-11-20(27)23(15-26,22(29)30)14-17-4-1-5-19(25)13-17/h1,4-5,7-10,13,20,27H,2-3,6,11-12,14-15H2,(H,29,30)/t20-,23-/m1/s1. The number of amides is 1. The summed E-state index contributed by atoms with van der Waals surface area (Å²) in [5.41, 5.74) is -0.204. The van der Waals surface area contributed by atoms with E-state index in [-0.39, 0.29) is 44.1 Å². The molecule has 5 nitrogen and oxygen atoms in total. The lowest BCUT2D eigenvalue weighted by Gasteiger charge is -2.43. The van der Waals surface area contributed by atoms with E-state index in [0.717, 1.165) is 5.56 Å². The van der Waals surface area contributed by atoms with Crippen LogP contribution in [0.25, 0.3) is 0 Å². The van der Waals surface area contributed by atoms with Crippen LogP contribution in [0.5, 0.6) is 0 Å². The topological polar surface area (TPSA) is 77.8 Å². The molecule has 1 fully saturated rings. The average molecular weight is 417 g/mol. The normalized spacial score (nSPS) is 21.4. The number of carboxylic acids is 1. The van der Waals surface area contributed by atoms with Gasteiger partial charge in [-0.2, -0.15) is 0 Å². The highest BCUT2D eigenvalue weighted by Gasteiger charge is 2.50. The Bertz CT molecular complexity index is 902. The van der Waals surface area contributed by atoms with Crippen molar-refractivity contribution in [1.29, 1.82) is 0 Å². The average Bonchev–Trinajstić information content (AvgIpc) is 2.71. The maximum atomic E-state index is 13.6. The first-order valence-electron chi connectivity index (χ1n) is 9.98. The van der Waals surface area contributed by atoms with Gasteiger partial charge >= 0.3 is 5.97 Å². The predicted molar refractivity (Wildman–Crippen MR) is 107 cm³/mol. The van der Waals surface area contributed by atoms with Crippen molar-refractivity contribution in [3.63, 3.8) is 0 Å². The van der Waals surface area contributed by atoms with Crippen LogP contribution in [0.2, 0.25) is 0 Å². The molecule has 0 unspecified atom stereocenters. The first-order valence-corrected chi connectivity index (χ1v) is 9.98. The number of aliphatic carboxylic acids is 1. The number of nitrogens with zero attached hydrogens (tertiary/aromatic N) is 1. The summed E-state index contributed by atoms with van der Waals surface area (Å²) >= 11 is 0. The molecule has 2 atom stereocenters. The van der Waals surface area contributed by atoms with Crippen LogP contribution in [-0.2, 0) is 22.4 Å². The summed E-state index contributed by atoms with van der Waals surface area (Å²) in [5.74, 6) is -2.19. The van der Waals surface area contributed by atoms with E-state index in [9.17, 15) is 28.6 Å². The van der Waals surface area contributed by atoms with E-state index in [1.54, 1.807) is 18.2 Å². The third-order valence-corrected chi connectivity index (χ3v) is 5.74. The summed E-state index contributed by atoms with van der Waals surface area (Å²) in [6.45, 7) is 0.143. The first kappa shape index (κ1) is 21.9. The fourth-order valence-corrected chi connectivity index (χ4v) is 4.02. The molecule has 0 bridgehead atoms. The second-order valence-corrected chi connectivity index (χ2v) is 7.87. The fraction of sp³-hybridized carbons (Fsp3) is 0.391. The molecule has 7 heteroatoms. The van der Waals surface area contributed by atoms with Crippen LogP contribution in [0.15, 0.2) is 48.5 Å². The van der Waals surface area contributed by atoms with Crippen molar-refractivity contribution < 1.29 is 28.6 Å². The van der Waals surface area contributed by atoms with Gasteiger partial charge in [-0.05, 0) is 61.1 Å². The number of carbonyl (C=O) groups is 2. The number of carbonyl (C=O) groups excluding carboxylic acids is 1. The zero-order chi connectivity index (χ0) is 21.7. The van der Waals surface area contributed by atoms with E-state index in [1.165, 1.54) is 35.2 Å². The number of rotatable bonds is 7. The van der Waals surface area contributed by atoms with Crippen LogP contribution >= 0.6 is 0 Å². The van der Waals surface area contributed by atoms with Crippen molar-refractivity contribution in [2.24, 2.45) is 5.41 Å². The van der Waals surface area contributed by atoms with E-state index in [1.807, 2.05) is 0 Å². The Morgan fingerprint density at radius 3 is 2.47 bits per heavy atom. The molecule has 30 heavy (non-hydrogen) atoms. The van der Waals surface area contributed by atoms with Gasteiger partial charge in [0.05, 0.1) is 6.10 Å². The van der Waals surface area contributed by atoms with E-state index in [2.05, 4.69) is 0 Å². The lowest BCUT2D eigenvalue weighted by molar-refractivity contribution is -0.165. The smallest absolute Gasteiger partial charge is 0.314 e. The van der Waals surface area contributed by atoms with Crippen molar-refractivity contribution in [3.8, 4) is 0 Å². The molecular formula is C23H25F2NO4. The second kappa shape index (κ2) is 9.34. The Kier molecular flexibility index (Phi) is 6.82. The molecular weight excluding hydrogens is 392 g/mol. The highest BCUT2D eigenvalue weighted by atomic mass is 19.1. The van der Waals surface area contributed by atoms with Gasteiger partial charge in [-0.25, -0.2) is 8.78 Å². The molecule has 1 saturated heterocycles. The summed E-state index contributed by atoms with van der Waals surface area (Å²) in [7, 11) is 0. The number of benzene rings is 2. The van der Waals surface area contributed by atoms with Crippen LogP contribution in [0.4, 0.5) is 8.78 Å². The van der Waals surface area contributed by atoms with E-state index < -0.39 is 23.3 Å². The van der Waals surface area contributed by atoms with Crippen LogP contribution in [0.3, 0.4) is 0 Å². The maximum absolute atomic E-state index is 13.6. The van der Waals surface area contributed by atoms with Crippen LogP contribution < -0.4 is 0 Å². The molecule has 1 heterocycles. The van der Waals surface area contributed by atoms with Gasteiger partial charge in [0.2, 0.25) is 5.91 Å². The third-order valence-electron chi connectivity index (χ3n) is 5.74. The summed E-state index contributed by atoms with van der Waals surface area (Å²) in [4.78, 5) is 26.3. The van der Waals surface area contributed by atoms with Crippen LogP contribution in [0, 0.1) is 17.0 Å². The quantitative estimate of drug-likeness (QED) is 0.725. The summed E-state index contributed by atoms with van der Waals surface area (Å²) < 4.78 is 26.5. The third kappa shape index (κ3) is 5.02. The molecule has 1 aliphatic rings. The molecule has 160 valence electrons. The van der Waals surface area contributed by atoms with Crippen molar-refractivity contribution in [2.45, 2.75) is 38.2 Å². The van der Waals surface area contributed by atoms with E-state index in [0.29, 0.717) is 18.4 Å². The van der Waals surface area contributed by atoms with Crippen LogP contribution in [0.1, 0.15) is 30.4 Å². The molecule has 1 aliphatic heterocycles. The Hall–Kier alpha value is -2.80. The number of hydrogen-bond donors (Lipinski definition) is 2. The number of piperidine rings is 1. The van der Waals surface area contributed by atoms with Crippen molar-refractivity contribution >= 4 is 11.9 Å². The largest absolute Gasteiger partial charge is 0.481 e. The molecule has 1 amide bonds. The van der Waals surface area contributed by atoms with Crippen LogP contribution in [-0.4, -0.2) is 46.2 Å².